The largest absolute Gasteiger partial charge is 0.379 e. The van der Waals surface area contributed by atoms with E-state index in [-0.39, 0.29) is 16.7 Å². The van der Waals surface area contributed by atoms with Crippen molar-refractivity contribution in [3.8, 4) is 11.1 Å². The van der Waals surface area contributed by atoms with E-state index in [1.54, 1.807) is 6.92 Å². The minimum atomic E-state index is -0.902. The van der Waals surface area contributed by atoms with Crippen LogP contribution in [0, 0.1) is 17.6 Å². The molecule has 120 valence electrons. The molecule has 0 spiro atoms. The lowest BCUT2D eigenvalue weighted by atomic mass is 9.87. The van der Waals surface area contributed by atoms with Crippen LogP contribution in [-0.4, -0.2) is 15.9 Å². The first kappa shape index (κ1) is 15.9. The smallest absolute Gasteiger partial charge is 0.220 e. The molecule has 2 heterocycles. The predicted molar refractivity (Wildman–Crippen MR) is 85.6 cm³/mol. The summed E-state index contributed by atoms with van der Waals surface area (Å²) in [5, 5.41) is 0.358. The number of rotatable bonds is 2. The first-order valence-corrected chi connectivity index (χ1v) is 7.98. The van der Waals surface area contributed by atoms with Gasteiger partial charge >= 0.3 is 0 Å². The minimum Gasteiger partial charge on any atom is -0.379 e. The van der Waals surface area contributed by atoms with Gasteiger partial charge in [0.1, 0.15) is 11.6 Å². The highest BCUT2D eigenvalue weighted by Crippen LogP contribution is 2.39. The lowest BCUT2D eigenvalue weighted by Crippen LogP contribution is -2.29. The van der Waals surface area contributed by atoms with Crippen LogP contribution in [-0.2, 0) is 5.54 Å². The van der Waals surface area contributed by atoms with Crippen LogP contribution in [0.5, 0.6) is 0 Å². The summed E-state index contributed by atoms with van der Waals surface area (Å²) in [6, 6.07) is 4.96. The van der Waals surface area contributed by atoms with Crippen LogP contribution in [0.15, 0.2) is 35.5 Å². The molecule has 23 heavy (non-hydrogen) atoms. The molecular weight excluding hydrogens is 323 g/mol. The molecule has 1 aromatic heterocycles. The number of nitrogens with zero attached hydrogens (tertiary/aromatic N) is 2. The van der Waals surface area contributed by atoms with Crippen LogP contribution >= 0.6 is 11.8 Å². The molecule has 1 aliphatic heterocycles. The molecule has 0 amide bonds. The average Bonchev–Trinajstić information content (AvgIpc) is 2.48. The Kier molecular flexibility index (Phi) is 4.06. The van der Waals surface area contributed by atoms with Crippen LogP contribution in [0.2, 0.25) is 0 Å². The summed E-state index contributed by atoms with van der Waals surface area (Å²) in [4.78, 5) is 7.83. The molecule has 0 radical (unpaired) electrons. The molecule has 2 N–H and O–H groups in total. The fourth-order valence-corrected chi connectivity index (χ4v) is 3.61. The number of aliphatic imine (C=N–C) groups is 1. The second-order valence-corrected chi connectivity index (χ2v) is 6.59. The van der Waals surface area contributed by atoms with Crippen LogP contribution < -0.4 is 5.73 Å². The van der Waals surface area contributed by atoms with Crippen molar-refractivity contribution in [3.05, 3.63) is 53.6 Å². The molecule has 3 nitrogen and oxygen atoms in total. The van der Waals surface area contributed by atoms with E-state index in [1.165, 1.54) is 36.2 Å². The van der Waals surface area contributed by atoms with Gasteiger partial charge in [0.15, 0.2) is 5.17 Å². The van der Waals surface area contributed by atoms with Gasteiger partial charge in [-0.1, -0.05) is 11.8 Å². The number of amidine groups is 1. The summed E-state index contributed by atoms with van der Waals surface area (Å²) < 4.78 is 42.4. The molecule has 7 heteroatoms. The summed E-state index contributed by atoms with van der Waals surface area (Å²) in [7, 11) is 0. The summed E-state index contributed by atoms with van der Waals surface area (Å²) >= 11 is 1.39. The highest BCUT2D eigenvalue weighted by molar-refractivity contribution is 8.13. The van der Waals surface area contributed by atoms with Crippen LogP contribution in [0.1, 0.15) is 18.9 Å². The van der Waals surface area contributed by atoms with Crippen molar-refractivity contribution in [2.45, 2.75) is 18.9 Å². The second kappa shape index (κ2) is 5.88. The van der Waals surface area contributed by atoms with Crippen molar-refractivity contribution in [3.63, 3.8) is 0 Å². The SMILES string of the molecule is C[C@@]1(c2cc(-c3cccnc3F)c(F)cc2F)CCSC(N)=N1. The topological polar surface area (TPSA) is 51.3 Å². The number of pyridine rings is 1. The lowest BCUT2D eigenvalue weighted by molar-refractivity contribution is 0.446. The van der Waals surface area contributed by atoms with E-state index < -0.39 is 23.1 Å². The number of halogens is 3. The van der Waals surface area contributed by atoms with Crippen molar-refractivity contribution in [2.75, 3.05) is 5.75 Å². The normalized spacial score (nSPS) is 21.1. The summed E-state index contributed by atoms with van der Waals surface area (Å²) in [6.07, 6.45) is 1.82. The fourth-order valence-electron chi connectivity index (χ4n) is 2.64. The third-order valence-corrected chi connectivity index (χ3v) is 4.68. The van der Waals surface area contributed by atoms with E-state index in [1.807, 2.05) is 0 Å². The van der Waals surface area contributed by atoms with Gasteiger partial charge in [0, 0.05) is 34.7 Å². The maximum absolute atomic E-state index is 14.3. The zero-order valence-corrected chi connectivity index (χ0v) is 13.1. The molecule has 3 rings (SSSR count). The van der Waals surface area contributed by atoms with Crippen LogP contribution in [0.3, 0.4) is 0 Å². The van der Waals surface area contributed by atoms with Gasteiger partial charge in [-0.25, -0.2) is 13.8 Å². The standard InChI is InChI=1S/C16H14F3N3S/c1-16(4-6-23-15(20)22-16)11-7-10(12(17)8-13(11)18)9-3-2-5-21-14(9)19/h2-3,5,7-8H,4,6H2,1H3,(H2,20,22)/t16-/m0/s1. The first-order chi connectivity index (χ1) is 10.9. The number of thioether (sulfide) groups is 1. The van der Waals surface area contributed by atoms with E-state index in [4.69, 9.17) is 5.73 Å². The molecule has 0 saturated carbocycles. The van der Waals surface area contributed by atoms with Gasteiger partial charge in [0.2, 0.25) is 5.95 Å². The summed E-state index contributed by atoms with van der Waals surface area (Å²) in [6.45, 7) is 1.74. The number of hydrogen-bond donors (Lipinski definition) is 1. The van der Waals surface area contributed by atoms with Gasteiger partial charge < -0.3 is 5.73 Å². The van der Waals surface area contributed by atoms with Crippen molar-refractivity contribution < 1.29 is 13.2 Å². The first-order valence-electron chi connectivity index (χ1n) is 6.99. The third kappa shape index (κ3) is 2.93. The third-order valence-electron chi connectivity index (χ3n) is 3.88. The monoisotopic (exact) mass is 337 g/mol. The molecule has 0 aliphatic carbocycles. The van der Waals surface area contributed by atoms with Crippen molar-refractivity contribution in [2.24, 2.45) is 10.7 Å². The van der Waals surface area contributed by atoms with Gasteiger partial charge in [-0.3, -0.25) is 4.99 Å². The molecule has 0 unspecified atom stereocenters. The quantitative estimate of drug-likeness (QED) is 0.847. The minimum absolute atomic E-state index is 0.0167. The number of benzene rings is 1. The molecule has 0 fully saturated rings. The Hall–Kier alpha value is -2.02. The lowest BCUT2D eigenvalue weighted by Gasteiger charge is -2.30. The molecular formula is C16H14F3N3S. The number of hydrogen-bond acceptors (Lipinski definition) is 4. The number of nitrogens with two attached hydrogens (primary N) is 1. The van der Waals surface area contributed by atoms with E-state index in [0.717, 1.165) is 6.07 Å². The van der Waals surface area contributed by atoms with Crippen LogP contribution in [0.25, 0.3) is 11.1 Å². The molecule has 0 saturated heterocycles. The van der Waals surface area contributed by atoms with E-state index in [2.05, 4.69) is 9.98 Å². The number of aromatic nitrogens is 1. The Labute approximate surface area is 135 Å². The molecule has 1 atom stereocenters. The predicted octanol–water partition coefficient (Wildman–Crippen LogP) is 3.83. The maximum atomic E-state index is 14.3. The Balaban J connectivity index is 2.19. The maximum Gasteiger partial charge on any atom is 0.220 e. The zero-order valence-electron chi connectivity index (χ0n) is 12.3. The van der Waals surface area contributed by atoms with Gasteiger partial charge in [-0.15, -0.1) is 0 Å². The molecule has 0 bridgehead atoms. The Morgan fingerprint density at radius 2 is 1.96 bits per heavy atom. The van der Waals surface area contributed by atoms with Crippen molar-refractivity contribution >= 4 is 16.9 Å². The Bertz CT molecular complexity index is 794. The fraction of sp³-hybridized carbons (Fsp3) is 0.250. The molecule has 1 aromatic carbocycles. The van der Waals surface area contributed by atoms with E-state index in [9.17, 15) is 13.2 Å². The van der Waals surface area contributed by atoms with Crippen molar-refractivity contribution in [1.29, 1.82) is 0 Å². The average molecular weight is 337 g/mol. The molecule has 2 aromatic rings. The van der Waals surface area contributed by atoms with Gasteiger partial charge in [0.05, 0.1) is 5.54 Å². The van der Waals surface area contributed by atoms with Gasteiger partial charge in [-0.05, 0) is 31.5 Å². The summed E-state index contributed by atoms with van der Waals surface area (Å²) in [5.41, 5.74) is 4.98. The molecule has 1 aliphatic rings. The van der Waals surface area contributed by atoms with Gasteiger partial charge in [0.25, 0.3) is 0 Å². The second-order valence-electron chi connectivity index (χ2n) is 5.48. The highest BCUT2D eigenvalue weighted by atomic mass is 32.2. The zero-order chi connectivity index (χ0) is 16.6. The van der Waals surface area contributed by atoms with Crippen LogP contribution in [0.4, 0.5) is 13.2 Å². The Morgan fingerprint density at radius 3 is 2.65 bits per heavy atom. The van der Waals surface area contributed by atoms with Gasteiger partial charge in [-0.2, -0.15) is 4.39 Å². The highest BCUT2D eigenvalue weighted by Gasteiger charge is 2.33. The van der Waals surface area contributed by atoms with E-state index >= 15 is 0 Å². The van der Waals surface area contributed by atoms with E-state index in [0.29, 0.717) is 17.3 Å². The summed E-state index contributed by atoms with van der Waals surface area (Å²) in [5.74, 6) is -1.69. The van der Waals surface area contributed by atoms with Crippen molar-refractivity contribution in [1.82, 2.24) is 4.98 Å². The Morgan fingerprint density at radius 1 is 1.17 bits per heavy atom.